The molecule has 3 heterocycles. The minimum atomic E-state index is -0.171. The number of aliphatic hydroxyl groups is 1. The Labute approximate surface area is 124 Å². The summed E-state index contributed by atoms with van der Waals surface area (Å²) in [6.45, 7) is 5.75. The van der Waals surface area contributed by atoms with Gasteiger partial charge in [0.25, 0.3) is 0 Å². The molecule has 6 nitrogen and oxygen atoms in total. The highest BCUT2D eigenvalue weighted by Gasteiger charge is 2.18. The van der Waals surface area contributed by atoms with Gasteiger partial charge in [0.1, 0.15) is 0 Å². The van der Waals surface area contributed by atoms with Gasteiger partial charge in [-0.2, -0.15) is 0 Å². The molecule has 0 saturated carbocycles. The quantitative estimate of drug-likeness (QED) is 0.900. The first kappa shape index (κ1) is 13.9. The molecule has 2 aromatic rings. The zero-order valence-electron chi connectivity index (χ0n) is 12.5. The summed E-state index contributed by atoms with van der Waals surface area (Å²) in [6, 6.07) is 8.03. The van der Waals surface area contributed by atoms with E-state index in [0.717, 1.165) is 49.0 Å². The highest BCUT2D eigenvalue weighted by molar-refractivity contribution is 5.44. The summed E-state index contributed by atoms with van der Waals surface area (Å²) in [5, 5.41) is 18.1. The topological polar surface area (TPSA) is 66.2 Å². The van der Waals surface area contributed by atoms with Crippen LogP contribution >= 0.6 is 0 Å². The second-order valence-corrected chi connectivity index (χ2v) is 5.56. The van der Waals surface area contributed by atoms with Crippen molar-refractivity contribution in [3.8, 4) is 0 Å². The van der Waals surface area contributed by atoms with Crippen LogP contribution in [0.3, 0.4) is 0 Å². The van der Waals surface area contributed by atoms with Crippen molar-refractivity contribution in [3.05, 3.63) is 35.7 Å². The summed E-state index contributed by atoms with van der Waals surface area (Å²) < 4.78 is 1.99. The lowest BCUT2D eigenvalue weighted by Gasteiger charge is -2.30. The van der Waals surface area contributed by atoms with Crippen LogP contribution in [0.1, 0.15) is 24.2 Å². The summed E-state index contributed by atoms with van der Waals surface area (Å²) in [4.78, 5) is 2.16. The summed E-state index contributed by atoms with van der Waals surface area (Å²) in [5.74, 6) is 1.59. The molecule has 0 aliphatic carbocycles. The summed E-state index contributed by atoms with van der Waals surface area (Å²) in [7, 11) is 0. The smallest absolute Gasteiger partial charge is 0.167 e. The summed E-state index contributed by atoms with van der Waals surface area (Å²) in [6.07, 6.45) is 1.42. The largest absolute Gasteiger partial charge is 0.393 e. The van der Waals surface area contributed by atoms with Gasteiger partial charge in [-0.15, -0.1) is 10.2 Å². The fraction of sp³-hybridized carbons (Fsp3) is 0.467. The maximum atomic E-state index is 9.54. The normalized spacial score (nSPS) is 16.2. The number of rotatable bonds is 3. The van der Waals surface area contributed by atoms with E-state index >= 15 is 0 Å². The van der Waals surface area contributed by atoms with Gasteiger partial charge in [0, 0.05) is 24.5 Å². The van der Waals surface area contributed by atoms with Crippen molar-refractivity contribution < 1.29 is 5.11 Å². The lowest BCUT2D eigenvalue weighted by Crippen LogP contribution is -2.36. The van der Waals surface area contributed by atoms with E-state index in [1.165, 1.54) is 0 Å². The van der Waals surface area contributed by atoms with Crippen LogP contribution in [0.5, 0.6) is 0 Å². The summed E-state index contributed by atoms with van der Waals surface area (Å²) >= 11 is 0. The predicted octanol–water partition coefficient (Wildman–Crippen LogP) is 1.73. The van der Waals surface area contributed by atoms with Crippen molar-refractivity contribution in [2.24, 2.45) is 0 Å². The van der Waals surface area contributed by atoms with Crippen molar-refractivity contribution >= 4 is 11.6 Å². The van der Waals surface area contributed by atoms with E-state index in [1.54, 1.807) is 0 Å². The first-order chi connectivity index (χ1) is 10.1. The van der Waals surface area contributed by atoms with Crippen LogP contribution in [0.25, 0.3) is 0 Å². The molecule has 2 aromatic heterocycles. The molecule has 0 amide bonds. The first-order valence-electron chi connectivity index (χ1n) is 7.32. The molecule has 2 N–H and O–H groups in total. The molecule has 0 spiro atoms. The molecule has 1 aliphatic rings. The molecule has 0 aromatic carbocycles. The second kappa shape index (κ2) is 5.73. The number of nitrogens with one attached hydrogen (secondary N) is 1. The Bertz CT molecular complexity index is 580. The van der Waals surface area contributed by atoms with Crippen molar-refractivity contribution in [1.82, 2.24) is 14.9 Å². The molecule has 3 rings (SSSR count). The number of aryl methyl sites for hydroxylation is 2. The zero-order chi connectivity index (χ0) is 14.8. The Morgan fingerprint density at radius 1 is 1.05 bits per heavy atom. The molecule has 1 saturated heterocycles. The first-order valence-corrected chi connectivity index (χ1v) is 7.32. The lowest BCUT2D eigenvalue weighted by atomic mass is 10.1. The van der Waals surface area contributed by atoms with Gasteiger partial charge in [0.2, 0.25) is 0 Å². The second-order valence-electron chi connectivity index (χ2n) is 5.56. The van der Waals surface area contributed by atoms with Gasteiger partial charge in [-0.1, -0.05) is 0 Å². The third-order valence-corrected chi connectivity index (χ3v) is 3.94. The van der Waals surface area contributed by atoms with Gasteiger partial charge in [-0.05, 0) is 51.0 Å². The number of hydrogen-bond donors (Lipinski definition) is 2. The molecule has 112 valence electrons. The molecule has 0 radical (unpaired) electrons. The average molecular weight is 287 g/mol. The monoisotopic (exact) mass is 287 g/mol. The van der Waals surface area contributed by atoms with E-state index in [0.29, 0.717) is 0 Å². The van der Waals surface area contributed by atoms with E-state index in [9.17, 15) is 5.11 Å². The van der Waals surface area contributed by atoms with E-state index in [4.69, 9.17) is 0 Å². The number of nitrogens with zero attached hydrogens (tertiary/aromatic N) is 4. The Balaban J connectivity index is 1.70. The minimum Gasteiger partial charge on any atom is -0.393 e. The molecule has 0 atom stereocenters. The predicted molar refractivity (Wildman–Crippen MR) is 82.4 cm³/mol. The van der Waals surface area contributed by atoms with Crippen LogP contribution in [-0.4, -0.2) is 39.2 Å². The highest BCUT2D eigenvalue weighted by atomic mass is 16.3. The number of aromatic nitrogens is 3. The van der Waals surface area contributed by atoms with Gasteiger partial charge in [-0.25, -0.2) is 0 Å². The fourth-order valence-corrected chi connectivity index (χ4v) is 2.61. The van der Waals surface area contributed by atoms with Crippen molar-refractivity contribution in [2.45, 2.75) is 32.8 Å². The standard InChI is InChI=1S/C15H21N5O/c1-11-3-4-12(2)20(11)18-14-5-6-15(17-16-14)19-9-7-13(21)8-10-19/h3-6,13,21H,7-10H2,1-2H3,(H,16,18). The van der Waals surface area contributed by atoms with E-state index < -0.39 is 0 Å². The average Bonchev–Trinajstić information content (AvgIpc) is 2.81. The Hall–Kier alpha value is -2.08. The molecule has 6 heteroatoms. The number of hydrogen-bond acceptors (Lipinski definition) is 5. The van der Waals surface area contributed by atoms with E-state index in [-0.39, 0.29) is 6.10 Å². The highest BCUT2D eigenvalue weighted by Crippen LogP contribution is 2.18. The van der Waals surface area contributed by atoms with Crippen molar-refractivity contribution in [3.63, 3.8) is 0 Å². The molecular formula is C15H21N5O. The fourth-order valence-electron chi connectivity index (χ4n) is 2.61. The molecule has 0 unspecified atom stereocenters. The SMILES string of the molecule is Cc1ccc(C)n1Nc1ccc(N2CCC(O)CC2)nn1. The van der Waals surface area contributed by atoms with Gasteiger partial charge in [-0.3, -0.25) is 10.1 Å². The zero-order valence-corrected chi connectivity index (χ0v) is 12.5. The van der Waals surface area contributed by atoms with Crippen LogP contribution in [0.2, 0.25) is 0 Å². The Kier molecular flexibility index (Phi) is 3.79. The van der Waals surface area contributed by atoms with Crippen molar-refractivity contribution in [1.29, 1.82) is 0 Å². The molecular weight excluding hydrogens is 266 g/mol. The molecule has 0 bridgehead atoms. The Morgan fingerprint density at radius 2 is 1.71 bits per heavy atom. The third kappa shape index (κ3) is 3.00. The van der Waals surface area contributed by atoms with Gasteiger partial charge < -0.3 is 10.0 Å². The lowest BCUT2D eigenvalue weighted by molar-refractivity contribution is 0.145. The van der Waals surface area contributed by atoms with Gasteiger partial charge in [0.15, 0.2) is 11.6 Å². The van der Waals surface area contributed by atoms with Crippen LogP contribution in [0, 0.1) is 13.8 Å². The van der Waals surface area contributed by atoms with Gasteiger partial charge in [0.05, 0.1) is 6.10 Å². The van der Waals surface area contributed by atoms with E-state index in [1.807, 2.05) is 30.7 Å². The number of anilines is 2. The molecule has 21 heavy (non-hydrogen) atoms. The summed E-state index contributed by atoms with van der Waals surface area (Å²) in [5.41, 5.74) is 5.50. The molecule has 1 fully saturated rings. The maximum Gasteiger partial charge on any atom is 0.167 e. The van der Waals surface area contributed by atoms with Crippen LogP contribution in [0.4, 0.5) is 11.6 Å². The molecule has 1 aliphatic heterocycles. The van der Waals surface area contributed by atoms with Crippen LogP contribution in [0.15, 0.2) is 24.3 Å². The number of piperidine rings is 1. The van der Waals surface area contributed by atoms with Crippen LogP contribution in [-0.2, 0) is 0 Å². The van der Waals surface area contributed by atoms with Crippen LogP contribution < -0.4 is 10.3 Å². The van der Waals surface area contributed by atoms with Crippen molar-refractivity contribution in [2.75, 3.05) is 23.4 Å². The maximum absolute atomic E-state index is 9.54. The van der Waals surface area contributed by atoms with Gasteiger partial charge >= 0.3 is 0 Å². The third-order valence-electron chi connectivity index (χ3n) is 3.94. The number of aliphatic hydroxyl groups excluding tert-OH is 1. The Morgan fingerprint density at radius 3 is 2.29 bits per heavy atom. The van der Waals surface area contributed by atoms with E-state index in [2.05, 4.69) is 32.7 Å². The minimum absolute atomic E-state index is 0.171.